The summed E-state index contributed by atoms with van der Waals surface area (Å²) in [6, 6.07) is 15.8. The van der Waals surface area contributed by atoms with E-state index in [9.17, 15) is 9.59 Å². The van der Waals surface area contributed by atoms with Crippen LogP contribution in [0.5, 0.6) is 5.75 Å². The molecular formula is C20H16N4O3S. The summed E-state index contributed by atoms with van der Waals surface area (Å²) in [5.41, 5.74) is 2.83. The van der Waals surface area contributed by atoms with Gasteiger partial charge in [-0.05, 0) is 36.4 Å². The first-order chi connectivity index (χ1) is 13.5. The van der Waals surface area contributed by atoms with E-state index in [1.807, 2.05) is 23.6 Å². The van der Waals surface area contributed by atoms with Gasteiger partial charge in [0, 0.05) is 23.6 Å². The minimum Gasteiger partial charge on any atom is -0.484 e. The van der Waals surface area contributed by atoms with Gasteiger partial charge in [-0.25, -0.2) is 4.98 Å². The van der Waals surface area contributed by atoms with E-state index >= 15 is 0 Å². The third-order valence-electron chi connectivity index (χ3n) is 3.60. The summed E-state index contributed by atoms with van der Waals surface area (Å²) in [7, 11) is 0. The number of hydrogen-bond acceptors (Lipinski definition) is 6. The van der Waals surface area contributed by atoms with Crippen LogP contribution in [0.25, 0.3) is 11.3 Å². The Morgan fingerprint density at radius 3 is 2.46 bits per heavy atom. The molecule has 0 aliphatic rings. The molecule has 0 radical (unpaired) electrons. The minimum atomic E-state index is -0.328. The average Bonchev–Trinajstić information content (AvgIpc) is 3.15. The van der Waals surface area contributed by atoms with E-state index in [0.29, 0.717) is 22.1 Å². The lowest BCUT2D eigenvalue weighted by Gasteiger charge is -2.05. The van der Waals surface area contributed by atoms with Crippen LogP contribution >= 0.6 is 11.3 Å². The van der Waals surface area contributed by atoms with Crippen molar-refractivity contribution in [2.75, 3.05) is 17.2 Å². The lowest BCUT2D eigenvalue weighted by Crippen LogP contribution is -2.20. The first-order valence-corrected chi connectivity index (χ1v) is 9.18. The average molecular weight is 392 g/mol. The van der Waals surface area contributed by atoms with Crippen molar-refractivity contribution in [2.45, 2.75) is 6.92 Å². The van der Waals surface area contributed by atoms with E-state index in [4.69, 9.17) is 10.00 Å². The molecule has 8 heteroatoms. The summed E-state index contributed by atoms with van der Waals surface area (Å²) >= 11 is 1.31. The Morgan fingerprint density at radius 2 is 1.82 bits per heavy atom. The maximum Gasteiger partial charge on any atom is 0.264 e. The van der Waals surface area contributed by atoms with Crippen molar-refractivity contribution >= 4 is 34.0 Å². The number of hydrogen-bond donors (Lipinski definition) is 2. The summed E-state index contributed by atoms with van der Waals surface area (Å²) in [6.07, 6.45) is 0. The molecule has 3 aromatic rings. The van der Waals surface area contributed by atoms with Gasteiger partial charge >= 0.3 is 0 Å². The van der Waals surface area contributed by atoms with Gasteiger partial charge in [0.2, 0.25) is 5.91 Å². The molecule has 28 heavy (non-hydrogen) atoms. The Labute approximate surface area is 165 Å². The van der Waals surface area contributed by atoms with E-state index in [1.165, 1.54) is 18.3 Å². The number of benzene rings is 2. The van der Waals surface area contributed by atoms with Crippen LogP contribution in [0.4, 0.5) is 10.8 Å². The summed E-state index contributed by atoms with van der Waals surface area (Å²) in [5.74, 6) is 0.0501. The SMILES string of the molecule is CC(=O)Nc1ccc(-c2csc(NC(=O)COc3ccc(C#N)cc3)n2)cc1. The van der Waals surface area contributed by atoms with Crippen LogP contribution in [-0.2, 0) is 9.59 Å². The fraction of sp³-hybridized carbons (Fsp3) is 0.100. The van der Waals surface area contributed by atoms with Gasteiger partial charge in [-0.3, -0.25) is 14.9 Å². The molecule has 0 saturated carbocycles. The Kier molecular flexibility index (Phi) is 5.99. The number of nitriles is 1. The Balaban J connectivity index is 1.55. The molecule has 0 saturated heterocycles. The number of carbonyl (C=O) groups is 2. The van der Waals surface area contributed by atoms with Crippen molar-refractivity contribution in [2.24, 2.45) is 0 Å². The van der Waals surface area contributed by atoms with E-state index in [2.05, 4.69) is 15.6 Å². The van der Waals surface area contributed by atoms with Crippen LogP contribution in [0.2, 0.25) is 0 Å². The van der Waals surface area contributed by atoms with E-state index in [-0.39, 0.29) is 18.4 Å². The molecule has 2 aromatic carbocycles. The van der Waals surface area contributed by atoms with Crippen molar-refractivity contribution in [3.05, 3.63) is 59.5 Å². The Hall–Kier alpha value is -3.70. The van der Waals surface area contributed by atoms with Gasteiger partial charge in [-0.1, -0.05) is 12.1 Å². The standard InChI is InChI=1S/C20H16N4O3S/c1-13(25)22-16-6-4-15(5-7-16)18-12-28-20(23-18)24-19(26)11-27-17-8-2-14(10-21)3-9-17/h2-9,12H,11H2,1H3,(H,22,25)(H,23,24,26). The van der Waals surface area contributed by atoms with Crippen molar-refractivity contribution in [3.8, 4) is 23.1 Å². The number of carbonyl (C=O) groups excluding carboxylic acids is 2. The van der Waals surface area contributed by atoms with E-state index < -0.39 is 0 Å². The predicted octanol–water partition coefficient (Wildman–Crippen LogP) is 3.66. The molecule has 2 N–H and O–H groups in total. The molecular weight excluding hydrogens is 376 g/mol. The first-order valence-electron chi connectivity index (χ1n) is 8.30. The Morgan fingerprint density at radius 1 is 1.11 bits per heavy atom. The largest absolute Gasteiger partial charge is 0.484 e. The number of ether oxygens (including phenoxy) is 1. The molecule has 0 bridgehead atoms. The van der Waals surface area contributed by atoms with Gasteiger partial charge in [0.05, 0.1) is 17.3 Å². The molecule has 0 unspecified atom stereocenters. The molecule has 140 valence electrons. The van der Waals surface area contributed by atoms with Crippen LogP contribution in [0, 0.1) is 11.3 Å². The van der Waals surface area contributed by atoms with Crippen molar-refractivity contribution in [1.82, 2.24) is 4.98 Å². The van der Waals surface area contributed by atoms with Crippen LogP contribution in [0.15, 0.2) is 53.9 Å². The smallest absolute Gasteiger partial charge is 0.264 e. The highest BCUT2D eigenvalue weighted by molar-refractivity contribution is 7.14. The lowest BCUT2D eigenvalue weighted by molar-refractivity contribution is -0.118. The number of aromatic nitrogens is 1. The predicted molar refractivity (Wildman–Crippen MR) is 107 cm³/mol. The normalized spacial score (nSPS) is 10.0. The second-order valence-electron chi connectivity index (χ2n) is 5.77. The molecule has 0 fully saturated rings. The van der Waals surface area contributed by atoms with Gasteiger partial charge < -0.3 is 10.1 Å². The Bertz CT molecular complexity index is 1020. The summed E-state index contributed by atoms with van der Waals surface area (Å²) in [4.78, 5) is 27.5. The molecule has 1 heterocycles. The fourth-order valence-electron chi connectivity index (χ4n) is 2.32. The third-order valence-corrected chi connectivity index (χ3v) is 4.36. The zero-order chi connectivity index (χ0) is 19.9. The minimum absolute atomic E-state index is 0.130. The second kappa shape index (κ2) is 8.79. The van der Waals surface area contributed by atoms with Gasteiger partial charge in [0.15, 0.2) is 11.7 Å². The lowest BCUT2D eigenvalue weighted by atomic mass is 10.1. The number of nitrogens with zero attached hydrogens (tertiary/aromatic N) is 2. The van der Waals surface area contributed by atoms with Gasteiger partial charge in [-0.2, -0.15) is 5.26 Å². The molecule has 0 atom stereocenters. The third kappa shape index (κ3) is 5.16. The molecule has 0 aliphatic carbocycles. The summed E-state index contributed by atoms with van der Waals surface area (Å²) in [5, 5.41) is 16.5. The van der Waals surface area contributed by atoms with Crippen LogP contribution < -0.4 is 15.4 Å². The number of anilines is 2. The monoisotopic (exact) mass is 392 g/mol. The van der Waals surface area contributed by atoms with Gasteiger partial charge in [0.25, 0.3) is 5.91 Å². The zero-order valence-electron chi connectivity index (χ0n) is 14.9. The van der Waals surface area contributed by atoms with Crippen molar-refractivity contribution < 1.29 is 14.3 Å². The highest BCUT2D eigenvalue weighted by atomic mass is 32.1. The van der Waals surface area contributed by atoms with Crippen LogP contribution in [-0.4, -0.2) is 23.4 Å². The quantitative estimate of drug-likeness (QED) is 0.666. The van der Waals surface area contributed by atoms with Crippen LogP contribution in [0.1, 0.15) is 12.5 Å². The molecule has 3 rings (SSSR count). The number of thiazole rings is 1. The maximum atomic E-state index is 12.0. The highest BCUT2D eigenvalue weighted by Crippen LogP contribution is 2.26. The fourth-order valence-corrected chi connectivity index (χ4v) is 3.06. The summed E-state index contributed by atoms with van der Waals surface area (Å²) in [6.45, 7) is 1.29. The number of amides is 2. The number of rotatable bonds is 6. The molecule has 2 amide bonds. The second-order valence-corrected chi connectivity index (χ2v) is 6.63. The van der Waals surface area contributed by atoms with E-state index in [0.717, 1.165) is 11.3 Å². The van der Waals surface area contributed by atoms with Gasteiger partial charge in [-0.15, -0.1) is 11.3 Å². The zero-order valence-corrected chi connectivity index (χ0v) is 15.7. The molecule has 1 aromatic heterocycles. The number of nitrogens with one attached hydrogen (secondary N) is 2. The van der Waals surface area contributed by atoms with Gasteiger partial charge in [0.1, 0.15) is 5.75 Å². The first kappa shape index (κ1) is 19.1. The van der Waals surface area contributed by atoms with Crippen molar-refractivity contribution in [1.29, 1.82) is 5.26 Å². The van der Waals surface area contributed by atoms with Crippen LogP contribution in [0.3, 0.4) is 0 Å². The van der Waals surface area contributed by atoms with E-state index in [1.54, 1.807) is 36.4 Å². The topological polar surface area (TPSA) is 104 Å². The van der Waals surface area contributed by atoms with Crippen molar-refractivity contribution in [3.63, 3.8) is 0 Å². The molecule has 0 aliphatic heterocycles. The maximum absolute atomic E-state index is 12.0. The molecule has 0 spiro atoms. The summed E-state index contributed by atoms with van der Waals surface area (Å²) < 4.78 is 5.40. The highest BCUT2D eigenvalue weighted by Gasteiger charge is 2.09. The molecule has 7 nitrogen and oxygen atoms in total.